The monoisotopic (exact) mass is 506 g/mol. The fraction of sp³-hybridized carbons (Fsp3) is 0.345. The lowest BCUT2D eigenvalue weighted by molar-refractivity contribution is -0.119. The first-order chi connectivity index (χ1) is 17.9. The number of aromatic nitrogens is 1. The number of hydrogen-bond acceptors (Lipinski definition) is 5. The van der Waals surface area contributed by atoms with Crippen LogP contribution in [0, 0.1) is 0 Å². The molecule has 1 saturated heterocycles. The molecule has 0 bridgehead atoms. The average molecular weight is 507 g/mol. The van der Waals surface area contributed by atoms with Crippen LogP contribution in [0.1, 0.15) is 32.9 Å². The van der Waals surface area contributed by atoms with Crippen LogP contribution < -0.4 is 10.6 Å². The lowest BCUT2D eigenvalue weighted by atomic mass is 10.1. The molecule has 1 aromatic heterocycles. The standard InChI is InChI=1S/C29H35FN4O3/c1-4-23(17-31-18-26-15-14-25-10-5-6-13-28(25)33-26)9-7-11-24(21(2)30)12-8-16-34-20-27(37-29(34)36)19-32-22(3)35/h4-10,12-15,27,31H,11,16-20H2,1-3H3,(H,32,35)/b9-7-,12-8-,23-4+,24-21+/t27-/m0/s1. The predicted octanol–water partition coefficient (Wildman–Crippen LogP) is 4.97. The van der Waals surface area contributed by atoms with Crippen molar-refractivity contribution in [2.75, 3.05) is 26.2 Å². The molecule has 8 heteroatoms. The van der Waals surface area contributed by atoms with Crippen LogP contribution in [0.25, 0.3) is 10.9 Å². The molecular formula is C29H35FN4O3. The zero-order valence-electron chi connectivity index (χ0n) is 21.7. The summed E-state index contributed by atoms with van der Waals surface area (Å²) in [5.74, 6) is -0.439. The molecule has 2 amide bonds. The molecule has 2 aromatic rings. The summed E-state index contributed by atoms with van der Waals surface area (Å²) in [6.45, 7) is 7.10. The number of carbonyl (C=O) groups is 2. The van der Waals surface area contributed by atoms with Gasteiger partial charge in [-0.2, -0.15) is 0 Å². The molecule has 1 aliphatic rings. The molecule has 0 aliphatic carbocycles. The van der Waals surface area contributed by atoms with Crippen LogP contribution in [0.15, 0.2) is 83.8 Å². The topological polar surface area (TPSA) is 83.6 Å². The van der Waals surface area contributed by atoms with E-state index in [2.05, 4.69) is 21.7 Å². The van der Waals surface area contributed by atoms with Gasteiger partial charge in [0.2, 0.25) is 5.91 Å². The van der Waals surface area contributed by atoms with Crippen LogP contribution in [0.2, 0.25) is 0 Å². The Labute approximate surface area is 217 Å². The summed E-state index contributed by atoms with van der Waals surface area (Å²) in [5.41, 5.74) is 3.59. The lowest BCUT2D eigenvalue weighted by Gasteiger charge is -2.10. The minimum absolute atomic E-state index is 0.172. The second-order valence-corrected chi connectivity index (χ2v) is 8.88. The van der Waals surface area contributed by atoms with Gasteiger partial charge < -0.3 is 20.3 Å². The summed E-state index contributed by atoms with van der Waals surface area (Å²) in [6, 6.07) is 12.1. The van der Waals surface area contributed by atoms with Crippen LogP contribution in [0.4, 0.5) is 9.18 Å². The van der Waals surface area contributed by atoms with Crippen molar-refractivity contribution in [3.63, 3.8) is 0 Å². The van der Waals surface area contributed by atoms with Crippen molar-refractivity contribution >= 4 is 22.9 Å². The van der Waals surface area contributed by atoms with Crippen LogP contribution >= 0.6 is 0 Å². The average Bonchev–Trinajstić information content (AvgIpc) is 3.24. The lowest BCUT2D eigenvalue weighted by Crippen LogP contribution is -2.33. The van der Waals surface area contributed by atoms with E-state index in [0.717, 1.165) is 22.2 Å². The number of ether oxygens (including phenoxy) is 1. The Bertz CT molecular complexity index is 1210. The number of rotatable bonds is 12. The molecule has 1 fully saturated rings. The Balaban J connectivity index is 1.45. The maximum absolute atomic E-state index is 14.1. The normalized spacial score (nSPS) is 17.1. The van der Waals surface area contributed by atoms with Crippen molar-refractivity contribution in [1.29, 1.82) is 0 Å². The molecule has 1 atom stereocenters. The van der Waals surface area contributed by atoms with Gasteiger partial charge in [0, 0.05) is 31.9 Å². The van der Waals surface area contributed by atoms with Gasteiger partial charge in [0.25, 0.3) is 0 Å². The van der Waals surface area contributed by atoms with E-state index in [1.807, 2.05) is 55.5 Å². The highest BCUT2D eigenvalue weighted by Gasteiger charge is 2.30. The summed E-state index contributed by atoms with van der Waals surface area (Å²) in [6.07, 6.45) is 9.01. The smallest absolute Gasteiger partial charge is 0.410 e. The summed E-state index contributed by atoms with van der Waals surface area (Å²) in [7, 11) is 0. The van der Waals surface area contributed by atoms with Crippen LogP contribution in [-0.4, -0.2) is 54.2 Å². The largest absolute Gasteiger partial charge is 0.442 e. The summed E-state index contributed by atoms with van der Waals surface area (Å²) in [4.78, 5) is 29.2. The number of halogens is 1. The van der Waals surface area contributed by atoms with Crippen molar-refractivity contribution < 1.29 is 18.7 Å². The number of benzene rings is 1. The Hall–Kier alpha value is -3.78. The summed E-state index contributed by atoms with van der Waals surface area (Å²) >= 11 is 0. The number of fused-ring (bicyclic) bond motifs is 1. The molecule has 37 heavy (non-hydrogen) atoms. The van der Waals surface area contributed by atoms with Gasteiger partial charge in [0.1, 0.15) is 11.9 Å². The van der Waals surface area contributed by atoms with Gasteiger partial charge in [-0.1, -0.05) is 54.6 Å². The second-order valence-electron chi connectivity index (χ2n) is 8.88. The first kappa shape index (κ1) is 27.8. The molecular weight excluding hydrogens is 471 g/mol. The minimum atomic E-state index is -0.438. The molecule has 0 radical (unpaired) electrons. The number of nitrogens with one attached hydrogen (secondary N) is 2. The highest BCUT2D eigenvalue weighted by molar-refractivity contribution is 5.78. The van der Waals surface area contributed by atoms with Crippen molar-refractivity contribution in [3.05, 3.63) is 89.4 Å². The molecule has 0 spiro atoms. The highest BCUT2D eigenvalue weighted by Crippen LogP contribution is 2.15. The van der Waals surface area contributed by atoms with Gasteiger partial charge in [-0.3, -0.25) is 9.78 Å². The van der Waals surface area contributed by atoms with E-state index >= 15 is 0 Å². The third-order valence-electron chi connectivity index (χ3n) is 5.95. The maximum Gasteiger partial charge on any atom is 0.410 e. The van der Waals surface area contributed by atoms with Gasteiger partial charge in [-0.25, -0.2) is 9.18 Å². The van der Waals surface area contributed by atoms with Gasteiger partial charge in [-0.05, 0) is 43.5 Å². The van der Waals surface area contributed by atoms with Crippen LogP contribution in [0.5, 0.6) is 0 Å². The molecule has 196 valence electrons. The van der Waals surface area contributed by atoms with Crippen LogP contribution in [0.3, 0.4) is 0 Å². The number of para-hydroxylation sites is 1. The number of hydrogen-bond donors (Lipinski definition) is 2. The van der Waals surface area contributed by atoms with Crippen LogP contribution in [-0.2, 0) is 16.1 Å². The van der Waals surface area contributed by atoms with Gasteiger partial charge in [0.15, 0.2) is 0 Å². The zero-order chi connectivity index (χ0) is 26.6. The Morgan fingerprint density at radius 2 is 2.00 bits per heavy atom. The Morgan fingerprint density at radius 1 is 1.19 bits per heavy atom. The second kappa shape index (κ2) is 14.1. The fourth-order valence-electron chi connectivity index (χ4n) is 3.87. The van der Waals surface area contributed by atoms with E-state index < -0.39 is 6.09 Å². The quantitative estimate of drug-likeness (QED) is 0.397. The fourth-order valence-corrected chi connectivity index (χ4v) is 3.87. The molecule has 1 aliphatic heterocycles. The predicted molar refractivity (Wildman–Crippen MR) is 144 cm³/mol. The van der Waals surface area contributed by atoms with E-state index in [0.29, 0.717) is 38.2 Å². The number of allylic oxidation sites excluding steroid dienone is 5. The first-order valence-electron chi connectivity index (χ1n) is 12.4. The number of amides is 2. The van der Waals surface area contributed by atoms with E-state index in [4.69, 9.17) is 4.74 Å². The molecule has 2 N–H and O–H groups in total. The SMILES string of the molecule is C/C=C(\C=C/CC(/C=C\CN1C[C@H](CNC(C)=O)OC1=O)=C(/C)F)CNCc1ccc2ccccc2n1. The van der Waals surface area contributed by atoms with Crippen molar-refractivity contribution in [2.45, 2.75) is 39.8 Å². The maximum atomic E-state index is 14.1. The van der Waals surface area contributed by atoms with E-state index in [1.54, 1.807) is 12.2 Å². The summed E-state index contributed by atoms with van der Waals surface area (Å²) in [5, 5.41) is 7.18. The molecule has 2 heterocycles. The van der Waals surface area contributed by atoms with Crippen molar-refractivity contribution in [2.24, 2.45) is 0 Å². The number of nitrogens with zero attached hydrogens (tertiary/aromatic N) is 2. The number of pyridine rings is 1. The number of carbonyl (C=O) groups excluding carboxylic acids is 2. The first-order valence-corrected chi connectivity index (χ1v) is 12.4. The summed E-state index contributed by atoms with van der Waals surface area (Å²) < 4.78 is 19.3. The van der Waals surface area contributed by atoms with Gasteiger partial charge in [-0.15, -0.1) is 0 Å². The van der Waals surface area contributed by atoms with E-state index in [9.17, 15) is 14.0 Å². The molecule has 1 aromatic carbocycles. The molecule has 7 nitrogen and oxygen atoms in total. The Kier molecular flexibility index (Phi) is 10.6. The number of cyclic esters (lactones) is 1. The third kappa shape index (κ3) is 8.99. The minimum Gasteiger partial charge on any atom is -0.442 e. The zero-order valence-corrected chi connectivity index (χ0v) is 21.7. The van der Waals surface area contributed by atoms with Gasteiger partial charge in [0.05, 0.1) is 24.3 Å². The van der Waals surface area contributed by atoms with Gasteiger partial charge >= 0.3 is 6.09 Å². The molecule has 0 unspecified atom stereocenters. The molecule has 3 rings (SSSR count). The van der Waals surface area contributed by atoms with Crippen molar-refractivity contribution in [3.8, 4) is 0 Å². The molecule has 0 saturated carbocycles. The Morgan fingerprint density at radius 3 is 2.76 bits per heavy atom. The van der Waals surface area contributed by atoms with E-state index in [-0.39, 0.29) is 24.4 Å². The van der Waals surface area contributed by atoms with Crippen molar-refractivity contribution in [1.82, 2.24) is 20.5 Å². The third-order valence-corrected chi connectivity index (χ3v) is 5.95. The van der Waals surface area contributed by atoms with E-state index in [1.165, 1.54) is 18.7 Å². The highest BCUT2D eigenvalue weighted by atomic mass is 19.1.